The number of nitrogens with zero attached hydrogens (tertiary/aromatic N) is 1. The normalized spacial score (nSPS) is 11.8. The van der Waals surface area contributed by atoms with E-state index in [0.29, 0.717) is 13.0 Å². The Morgan fingerprint density at radius 1 is 1.07 bits per heavy atom. The number of hydrogen-bond acceptors (Lipinski definition) is 3. The van der Waals surface area contributed by atoms with E-state index in [9.17, 15) is 4.79 Å². The summed E-state index contributed by atoms with van der Waals surface area (Å²) < 4.78 is 0. The molecule has 1 amide bonds. The fourth-order valence-electron chi connectivity index (χ4n) is 3.46. The number of halogens is 2. The SMILES string of the molecule is Cl.Cl.NC[C@H](Cc1cccc2ccccc12)NC(=O)C=Cc1c[nH]c2ncccc12. The number of nitrogens with two attached hydrogens (primary N) is 1. The van der Waals surface area contributed by atoms with E-state index in [1.807, 2.05) is 36.5 Å². The van der Waals surface area contributed by atoms with Gasteiger partial charge in [-0.1, -0.05) is 42.5 Å². The molecule has 0 radical (unpaired) electrons. The van der Waals surface area contributed by atoms with E-state index in [4.69, 9.17) is 5.73 Å². The topological polar surface area (TPSA) is 83.8 Å². The maximum Gasteiger partial charge on any atom is 0.244 e. The van der Waals surface area contributed by atoms with E-state index < -0.39 is 0 Å². The van der Waals surface area contributed by atoms with Crippen molar-refractivity contribution in [2.75, 3.05) is 6.54 Å². The first-order valence-corrected chi connectivity index (χ1v) is 9.32. The molecule has 0 aliphatic carbocycles. The van der Waals surface area contributed by atoms with Crippen LogP contribution in [0.5, 0.6) is 0 Å². The second-order valence-electron chi connectivity index (χ2n) is 6.76. The average Bonchev–Trinajstić information content (AvgIpc) is 3.15. The Bertz CT molecular complexity index is 1150. The lowest BCUT2D eigenvalue weighted by Gasteiger charge is -2.17. The second-order valence-corrected chi connectivity index (χ2v) is 6.76. The predicted molar refractivity (Wildman–Crippen MR) is 128 cm³/mol. The average molecular weight is 443 g/mol. The largest absolute Gasteiger partial charge is 0.348 e. The predicted octanol–water partition coefficient (Wildman–Crippen LogP) is 4.26. The van der Waals surface area contributed by atoms with Gasteiger partial charge in [0, 0.05) is 42.0 Å². The van der Waals surface area contributed by atoms with Gasteiger partial charge in [0.25, 0.3) is 0 Å². The Labute approximate surface area is 187 Å². The molecule has 2 aromatic carbocycles. The number of rotatable bonds is 6. The number of fused-ring (bicyclic) bond motifs is 2. The molecule has 30 heavy (non-hydrogen) atoms. The molecule has 0 aliphatic heterocycles. The van der Waals surface area contributed by atoms with Gasteiger partial charge < -0.3 is 16.0 Å². The number of benzene rings is 2. The van der Waals surface area contributed by atoms with Crippen LogP contribution in [0.3, 0.4) is 0 Å². The molecule has 0 saturated carbocycles. The van der Waals surface area contributed by atoms with Crippen LogP contribution < -0.4 is 11.1 Å². The van der Waals surface area contributed by atoms with Gasteiger partial charge in [0.1, 0.15) is 5.65 Å². The van der Waals surface area contributed by atoms with Crippen LogP contribution in [0.4, 0.5) is 0 Å². The lowest BCUT2D eigenvalue weighted by Crippen LogP contribution is -2.41. The van der Waals surface area contributed by atoms with Crippen molar-refractivity contribution in [3.05, 3.63) is 84.2 Å². The van der Waals surface area contributed by atoms with Gasteiger partial charge in [-0.25, -0.2) is 4.98 Å². The number of pyridine rings is 1. The van der Waals surface area contributed by atoms with Crippen molar-refractivity contribution in [3.8, 4) is 0 Å². The molecule has 4 N–H and O–H groups in total. The number of carbonyl (C=O) groups is 1. The number of hydrogen-bond donors (Lipinski definition) is 3. The van der Waals surface area contributed by atoms with Crippen LogP contribution in [-0.2, 0) is 11.2 Å². The lowest BCUT2D eigenvalue weighted by molar-refractivity contribution is -0.117. The van der Waals surface area contributed by atoms with Crippen LogP contribution in [0.15, 0.2) is 73.1 Å². The number of H-pyrrole nitrogens is 1. The summed E-state index contributed by atoms with van der Waals surface area (Å²) in [6, 6.07) is 18.2. The molecule has 4 aromatic rings. The Hall–Kier alpha value is -2.86. The Morgan fingerprint density at radius 2 is 1.83 bits per heavy atom. The van der Waals surface area contributed by atoms with E-state index in [1.54, 1.807) is 18.3 Å². The molecule has 0 bridgehead atoms. The van der Waals surface area contributed by atoms with Gasteiger partial charge in [0.2, 0.25) is 5.91 Å². The van der Waals surface area contributed by atoms with E-state index in [2.05, 4.69) is 39.6 Å². The highest BCUT2D eigenvalue weighted by Gasteiger charge is 2.12. The maximum atomic E-state index is 12.4. The van der Waals surface area contributed by atoms with Gasteiger partial charge in [-0.2, -0.15) is 0 Å². The molecule has 0 unspecified atom stereocenters. The van der Waals surface area contributed by atoms with Gasteiger partial charge in [0.15, 0.2) is 0 Å². The van der Waals surface area contributed by atoms with Crippen molar-refractivity contribution >= 4 is 58.6 Å². The number of nitrogens with one attached hydrogen (secondary N) is 2. The van der Waals surface area contributed by atoms with Gasteiger partial charge in [-0.05, 0) is 41.0 Å². The third kappa shape index (κ3) is 5.19. The Morgan fingerprint density at radius 3 is 2.67 bits per heavy atom. The van der Waals surface area contributed by atoms with E-state index in [0.717, 1.165) is 16.6 Å². The van der Waals surface area contributed by atoms with Crippen molar-refractivity contribution in [3.63, 3.8) is 0 Å². The molecule has 2 aromatic heterocycles. The quantitative estimate of drug-likeness (QED) is 0.390. The first-order chi connectivity index (χ1) is 13.7. The van der Waals surface area contributed by atoms with Crippen LogP contribution in [0.1, 0.15) is 11.1 Å². The van der Waals surface area contributed by atoms with Crippen molar-refractivity contribution in [1.29, 1.82) is 0 Å². The highest BCUT2D eigenvalue weighted by Crippen LogP contribution is 2.20. The zero-order valence-corrected chi connectivity index (χ0v) is 17.9. The van der Waals surface area contributed by atoms with Crippen molar-refractivity contribution in [1.82, 2.24) is 15.3 Å². The Balaban J connectivity index is 0.00000160. The fourth-order valence-corrected chi connectivity index (χ4v) is 3.46. The van der Waals surface area contributed by atoms with Gasteiger partial charge in [-0.3, -0.25) is 4.79 Å². The van der Waals surface area contributed by atoms with Crippen LogP contribution in [-0.4, -0.2) is 28.5 Å². The zero-order valence-electron chi connectivity index (χ0n) is 16.2. The van der Waals surface area contributed by atoms with Crippen molar-refractivity contribution in [2.24, 2.45) is 5.73 Å². The highest BCUT2D eigenvalue weighted by atomic mass is 35.5. The summed E-state index contributed by atoms with van der Waals surface area (Å²) in [7, 11) is 0. The maximum absolute atomic E-state index is 12.4. The lowest BCUT2D eigenvalue weighted by atomic mass is 9.99. The van der Waals surface area contributed by atoms with Crippen LogP contribution in [0.2, 0.25) is 0 Å². The van der Waals surface area contributed by atoms with Crippen LogP contribution in [0, 0.1) is 0 Å². The first kappa shape index (κ1) is 23.4. The molecule has 5 nitrogen and oxygen atoms in total. The molecular formula is C23H24Cl2N4O. The molecule has 4 rings (SSSR count). The summed E-state index contributed by atoms with van der Waals surface area (Å²) in [4.78, 5) is 19.8. The summed E-state index contributed by atoms with van der Waals surface area (Å²) in [6.07, 6.45) is 7.60. The number of aromatic amines is 1. The molecule has 156 valence electrons. The first-order valence-electron chi connectivity index (χ1n) is 9.32. The van der Waals surface area contributed by atoms with Gasteiger partial charge >= 0.3 is 0 Å². The third-order valence-electron chi connectivity index (χ3n) is 4.87. The van der Waals surface area contributed by atoms with Crippen LogP contribution >= 0.6 is 24.8 Å². The molecule has 2 heterocycles. The molecule has 0 saturated heterocycles. The molecule has 0 aliphatic rings. The minimum atomic E-state index is -0.158. The van der Waals surface area contributed by atoms with Crippen molar-refractivity contribution in [2.45, 2.75) is 12.5 Å². The fraction of sp³-hybridized carbons (Fsp3) is 0.130. The molecule has 0 fully saturated rings. The molecule has 1 atom stereocenters. The summed E-state index contributed by atoms with van der Waals surface area (Å²) in [5, 5.41) is 6.38. The summed E-state index contributed by atoms with van der Waals surface area (Å²) >= 11 is 0. The zero-order chi connectivity index (χ0) is 19.3. The van der Waals surface area contributed by atoms with E-state index in [-0.39, 0.29) is 36.8 Å². The Kier molecular flexibility index (Phi) is 8.42. The number of carbonyl (C=O) groups excluding carboxylic acids is 1. The van der Waals surface area contributed by atoms with E-state index in [1.165, 1.54) is 16.3 Å². The van der Waals surface area contributed by atoms with Gasteiger partial charge in [-0.15, -0.1) is 24.8 Å². The summed E-state index contributed by atoms with van der Waals surface area (Å²) in [5.41, 5.74) is 8.84. The number of aromatic nitrogens is 2. The van der Waals surface area contributed by atoms with Crippen molar-refractivity contribution < 1.29 is 4.79 Å². The monoisotopic (exact) mass is 442 g/mol. The highest BCUT2D eigenvalue weighted by molar-refractivity contribution is 5.95. The number of amides is 1. The third-order valence-corrected chi connectivity index (χ3v) is 4.87. The van der Waals surface area contributed by atoms with Gasteiger partial charge in [0.05, 0.1) is 0 Å². The smallest absolute Gasteiger partial charge is 0.244 e. The minimum Gasteiger partial charge on any atom is -0.348 e. The molecular weight excluding hydrogens is 419 g/mol. The standard InChI is InChI=1S/C23H22N4O.2ClH/c24-14-19(13-17-7-3-6-16-5-1-2-8-20(16)17)27-22(28)11-10-18-15-26-23-21(18)9-4-12-25-23;;/h1-12,15,19H,13-14,24H2,(H,25,26)(H,27,28);2*1H/t19-;;/m0../s1. The van der Waals surface area contributed by atoms with Crippen LogP contribution in [0.25, 0.3) is 27.9 Å². The van der Waals surface area contributed by atoms with E-state index >= 15 is 0 Å². The summed E-state index contributed by atoms with van der Waals surface area (Å²) in [5.74, 6) is -0.158. The summed E-state index contributed by atoms with van der Waals surface area (Å²) in [6.45, 7) is 0.375. The minimum absolute atomic E-state index is 0. The molecule has 0 spiro atoms. The second kappa shape index (κ2) is 10.8. The molecule has 7 heteroatoms.